The highest BCUT2D eigenvalue weighted by molar-refractivity contribution is 6.04. The molecular formula is C27H31NO5. The molecule has 0 atom stereocenters. The van der Waals surface area contributed by atoms with Crippen LogP contribution in [0.15, 0.2) is 52.9 Å². The molecule has 6 nitrogen and oxygen atoms in total. The van der Waals surface area contributed by atoms with Crippen LogP contribution in [0.5, 0.6) is 23.2 Å². The molecule has 0 spiro atoms. The van der Waals surface area contributed by atoms with Gasteiger partial charge in [0.15, 0.2) is 5.76 Å². The van der Waals surface area contributed by atoms with Crippen LogP contribution < -0.4 is 19.5 Å². The lowest BCUT2D eigenvalue weighted by Crippen LogP contribution is -2.34. The molecule has 0 saturated heterocycles. The van der Waals surface area contributed by atoms with Crippen LogP contribution in [0.3, 0.4) is 0 Å². The minimum atomic E-state index is -0.427. The third-order valence-electron chi connectivity index (χ3n) is 6.49. The topological polar surface area (TPSA) is 69.9 Å². The number of nitrogens with one attached hydrogen (secondary N) is 1. The van der Waals surface area contributed by atoms with Crippen molar-refractivity contribution in [2.24, 2.45) is 0 Å². The Morgan fingerprint density at radius 3 is 2.12 bits per heavy atom. The van der Waals surface area contributed by atoms with Crippen molar-refractivity contribution in [2.75, 3.05) is 19.5 Å². The third kappa shape index (κ3) is 4.30. The van der Waals surface area contributed by atoms with Crippen LogP contribution in [-0.2, 0) is 10.8 Å². The fourth-order valence-electron chi connectivity index (χ4n) is 4.52. The summed E-state index contributed by atoms with van der Waals surface area (Å²) in [7, 11) is 3.07. The van der Waals surface area contributed by atoms with Gasteiger partial charge in [0.25, 0.3) is 11.9 Å². The smallest absolute Gasteiger partial charge is 0.291 e. The van der Waals surface area contributed by atoms with Gasteiger partial charge in [0.2, 0.25) is 0 Å². The number of para-hydroxylation sites is 1. The molecule has 0 saturated carbocycles. The van der Waals surface area contributed by atoms with Crippen molar-refractivity contribution in [3.63, 3.8) is 0 Å². The highest BCUT2D eigenvalue weighted by Gasteiger charge is 2.39. The second-order valence-corrected chi connectivity index (χ2v) is 9.66. The maximum Gasteiger partial charge on any atom is 0.291 e. The number of carbonyl (C=O) groups excluding carboxylic acids is 1. The van der Waals surface area contributed by atoms with Gasteiger partial charge in [-0.1, -0.05) is 45.9 Å². The molecule has 174 valence electrons. The molecule has 3 aromatic rings. The molecule has 0 unspecified atom stereocenters. The number of methoxy groups -OCH3 is 2. The van der Waals surface area contributed by atoms with Crippen LogP contribution in [0.2, 0.25) is 0 Å². The van der Waals surface area contributed by atoms with E-state index in [0.29, 0.717) is 17.2 Å². The van der Waals surface area contributed by atoms with Crippen molar-refractivity contribution < 1.29 is 23.4 Å². The summed E-state index contributed by atoms with van der Waals surface area (Å²) < 4.78 is 22.6. The minimum absolute atomic E-state index is 0.0192. The first-order valence-corrected chi connectivity index (χ1v) is 11.1. The molecule has 0 fully saturated rings. The maximum absolute atomic E-state index is 12.9. The quantitative estimate of drug-likeness (QED) is 0.454. The van der Waals surface area contributed by atoms with Crippen molar-refractivity contribution in [2.45, 2.75) is 51.4 Å². The summed E-state index contributed by atoms with van der Waals surface area (Å²) in [6, 6.07) is 14.7. The number of amides is 1. The van der Waals surface area contributed by atoms with Crippen LogP contribution >= 0.6 is 0 Å². The molecule has 0 radical (unpaired) electrons. The van der Waals surface area contributed by atoms with Crippen LogP contribution in [0.1, 0.15) is 62.2 Å². The van der Waals surface area contributed by atoms with Gasteiger partial charge in [-0.2, -0.15) is 0 Å². The Labute approximate surface area is 194 Å². The molecule has 33 heavy (non-hydrogen) atoms. The van der Waals surface area contributed by atoms with E-state index >= 15 is 0 Å². The third-order valence-corrected chi connectivity index (χ3v) is 6.49. The number of carbonyl (C=O) groups is 1. The maximum atomic E-state index is 12.9. The van der Waals surface area contributed by atoms with Gasteiger partial charge in [-0.25, -0.2) is 0 Å². The largest absolute Gasteiger partial charge is 0.494 e. The van der Waals surface area contributed by atoms with Crippen molar-refractivity contribution in [1.82, 2.24) is 0 Å². The van der Waals surface area contributed by atoms with Crippen molar-refractivity contribution in [3.8, 4) is 23.2 Å². The number of benzene rings is 2. The van der Waals surface area contributed by atoms with E-state index in [1.54, 1.807) is 30.3 Å². The average Bonchev–Trinajstić information content (AvgIpc) is 3.25. The Morgan fingerprint density at radius 2 is 1.45 bits per heavy atom. The van der Waals surface area contributed by atoms with Gasteiger partial charge in [0, 0.05) is 11.6 Å². The van der Waals surface area contributed by atoms with Crippen LogP contribution in [0.4, 0.5) is 5.69 Å². The number of fused-ring (bicyclic) bond motifs is 1. The average molecular weight is 450 g/mol. The second-order valence-electron chi connectivity index (χ2n) is 9.66. The summed E-state index contributed by atoms with van der Waals surface area (Å²) in [4.78, 5) is 12.9. The Balaban J connectivity index is 1.60. The fraction of sp³-hybridized carbons (Fsp3) is 0.370. The molecule has 1 aromatic heterocycles. The molecule has 1 aliphatic carbocycles. The number of anilines is 1. The lowest BCUT2D eigenvalue weighted by atomic mass is 9.63. The van der Waals surface area contributed by atoms with Gasteiger partial charge in [-0.15, -0.1) is 0 Å². The highest BCUT2D eigenvalue weighted by Crippen LogP contribution is 2.50. The van der Waals surface area contributed by atoms with Gasteiger partial charge in [0.05, 0.1) is 14.2 Å². The second kappa shape index (κ2) is 8.50. The van der Waals surface area contributed by atoms with E-state index in [0.717, 1.165) is 18.6 Å². The van der Waals surface area contributed by atoms with Crippen molar-refractivity contribution >= 4 is 11.6 Å². The molecular weight excluding hydrogens is 418 g/mol. The van der Waals surface area contributed by atoms with Crippen molar-refractivity contribution in [3.05, 3.63) is 65.4 Å². The zero-order valence-corrected chi connectivity index (χ0v) is 20.1. The standard InChI is InChI=1S/C27H31NO5/c1-26(2)15-16-27(3,4)23-17(26)9-7-10-18(23)32-22-14-13-21(33-22)25(29)28-24-19(30-5)11-8-12-20(24)31-6/h7-14H,15-16H2,1-6H3,(H,28,29). The van der Waals surface area contributed by atoms with E-state index in [1.165, 1.54) is 25.3 Å². The van der Waals surface area contributed by atoms with Gasteiger partial charge in [-0.05, 0) is 53.5 Å². The summed E-state index contributed by atoms with van der Waals surface area (Å²) in [6.45, 7) is 9.03. The summed E-state index contributed by atoms with van der Waals surface area (Å²) in [5, 5.41) is 2.81. The monoisotopic (exact) mass is 449 g/mol. The van der Waals surface area contributed by atoms with E-state index in [1.807, 2.05) is 12.1 Å². The number of hydrogen-bond donors (Lipinski definition) is 1. The van der Waals surface area contributed by atoms with E-state index < -0.39 is 5.91 Å². The molecule has 4 rings (SSSR count). The predicted molar refractivity (Wildman–Crippen MR) is 128 cm³/mol. The molecule has 0 bridgehead atoms. The molecule has 1 N–H and O–H groups in total. The SMILES string of the molecule is COc1cccc(OC)c1NC(=O)c1ccc(Oc2cccc3c2C(C)(C)CCC3(C)C)o1. The van der Waals surface area contributed by atoms with Crippen LogP contribution in [0, 0.1) is 0 Å². The van der Waals surface area contributed by atoms with Crippen LogP contribution in [-0.4, -0.2) is 20.1 Å². The van der Waals surface area contributed by atoms with E-state index in [-0.39, 0.29) is 22.5 Å². The Hall–Kier alpha value is -3.41. The summed E-state index contributed by atoms with van der Waals surface area (Å²) in [6.07, 6.45) is 2.19. The lowest BCUT2D eigenvalue weighted by molar-refractivity contribution is 0.0991. The number of ether oxygens (including phenoxy) is 3. The minimum Gasteiger partial charge on any atom is -0.494 e. The summed E-state index contributed by atoms with van der Waals surface area (Å²) in [5.74, 6) is 1.71. The van der Waals surface area contributed by atoms with Gasteiger partial charge in [0.1, 0.15) is 22.9 Å². The van der Waals surface area contributed by atoms with E-state index in [4.69, 9.17) is 18.6 Å². The number of hydrogen-bond acceptors (Lipinski definition) is 5. The van der Waals surface area contributed by atoms with E-state index in [9.17, 15) is 4.79 Å². The Bertz CT molecular complexity index is 1150. The Morgan fingerprint density at radius 1 is 0.848 bits per heavy atom. The molecule has 1 heterocycles. The first-order chi connectivity index (χ1) is 15.7. The molecule has 2 aromatic carbocycles. The molecule has 0 aliphatic heterocycles. The molecule has 6 heteroatoms. The zero-order valence-electron chi connectivity index (χ0n) is 20.1. The normalized spacial score (nSPS) is 15.9. The van der Waals surface area contributed by atoms with Crippen molar-refractivity contribution in [1.29, 1.82) is 0 Å². The van der Waals surface area contributed by atoms with Crippen LogP contribution in [0.25, 0.3) is 0 Å². The first kappa shape index (κ1) is 22.8. The van der Waals surface area contributed by atoms with Gasteiger partial charge < -0.3 is 23.9 Å². The molecule has 1 amide bonds. The number of furan rings is 1. The Kier molecular flexibility index (Phi) is 5.87. The molecule has 1 aliphatic rings. The summed E-state index contributed by atoms with van der Waals surface area (Å²) in [5.41, 5.74) is 2.99. The first-order valence-electron chi connectivity index (χ1n) is 11.1. The highest BCUT2D eigenvalue weighted by atomic mass is 16.6. The van der Waals surface area contributed by atoms with E-state index in [2.05, 4.69) is 39.1 Å². The lowest BCUT2D eigenvalue weighted by Gasteiger charge is -2.42. The predicted octanol–water partition coefficient (Wildman–Crippen LogP) is 6.69. The zero-order chi connectivity index (χ0) is 23.8. The number of rotatable bonds is 6. The van der Waals surface area contributed by atoms with Gasteiger partial charge in [-0.3, -0.25) is 4.79 Å². The summed E-state index contributed by atoms with van der Waals surface area (Å²) >= 11 is 0. The fourth-order valence-corrected chi connectivity index (χ4v) is 4.52. The van der Waals surface area contributed by atoms with Gasteiger partial charge >= 0.3 is 0 Å².